The van der Waals surface area contributed by atoms with E-state index in [0.717, 1.165) is 279 Å². The highest BCUT2D eigenvalue weighted by Crippen LogP contribution is 2.51. The van der Waals surface area contributed by atoms with Crippen molar-refractivity contribution in [2.75, 3.05) is 233 Å². The zero-order valence-corrected chi connectivity index (χ0v) is 76.4. The Hall–Kier alpha value is -13.9. The van der Waals surface area contributed by atoms with E-state index in [1.165, 1.54) is 46.1 Å². The number of oxime groups is 1. The molecule has 5 aromatic carbocycles. The second-order valence-electron chi connectivity index (χ2n) is 34.4. The third-order valence-corrected chi connectivity index (χ3v) is 26.3. The summed E-state index contributed by atoms with van der Waals surface area (Å²) in [4.78, 5) is 79.0. The number of aromatic nitrogens is 11. The van der Waals surface area contributed by atoms with E-state index in [9.17, 15) is 0 Å². The van der Waals surface area contributed by atoms with Gasteiger partial charge in [0.2, 0.25) is 0 Å². The molecule has 690 valence electrons. The van der Waals surface area contributed by atoms with Crippen molar-refractivity contribution in [3.63, 3.8) is 0 Å². The highest BCUT2D eigenvalue weighted by Gasteiger charge is 2.39. The van der Waals surface area contributed by atoms with Gasteiger partial charge in [-0.2, -0.15) is 39.9 Å². The van der Waals surface area contributed by atoms with Gasteiger partial charge < -0.3 is 85.6 Å². The first-order valence-corrected chi connectivity index (χ1v) is 46.3. The number of hydrogen-bond donors (Lipinski definition) is 6. The quantitative estimate of drug-likeness (QED) is 0.0256. The second-order valence-corrected chi connectivity index (χ2v) is 34.4. The summed E-state index contributed by atoms with van der Waals surface area (Å²) in [5.74, 6) is 6.06. The van der Waals surface area contributed by atoms with Crippen LogP contribution in [0.25, 0.3) is 49.4 Å². The number of anilines is 8. The molecule has 4 aliphatic carbocycles. The molecule has 6 saturated heterocycles. The third kappa shape index (κ3) is 19.9. The maximum atomic E-state index is 7.32. The molecule has 1 atom stereocenters. The molecule has 6 fully saturated rings. The molecule has 0 unspecified atom stereocenters. The number of piperidine rings is 1. The number of nitrogens with two attached hydrogens (primary N) is 2. The number of morpholine rings is 2. The van der Waals surface area contributed by atoms with Gasteiger partial charge in [-0.3, -0.25) is 34.6 Å². The van der Waals surface area contributed by atoms with Crippen molar-refractivity contribution < 1.29 is 33.3 Å². The van der Waals surface area contributed by atoms with E-state index in [1.54, 1.807) is 49.3 Å². The second kappa shape index (κ2) is 41.5. The van der Waals surface area contributed by atoms with E-state index in [0.29, 0.717) is 66.2 Å². The summed E-state index contributed by atoms with van der Waals surface area (Å²) in [5, 5.41) is 17.4. The molecule has 0 saturated carbocycles. The molecule has 0 amide bonds. The standard InChI is InChI=1S/C29H33N7O2.C27H33N7O2.C22H23N7O2.C22H24N6O/c1-30-21-5-3-6-22(19-21)38-29-32-26-20-24-23(7-4-8-25(24)31-2)27(26)28(33-29)36-13-11-34(12-14-36)9-10-35-15-17-37-18-16-35;1-28-23-6-2-5-21-22(23)18-24-25(21)26(31-27(30-24)36-20-4-3-7-29-19-20)34-12-10-32(11-13-34)8-9-33-14-16-35-17-15-33;1-24-17-7-3-6-14-15(17)9-18-20(14)21(29-11-16(23)19(12-29)28-30-2)27-22(26-18)31-13-5-4-8-25-10-13;1-24-18-6-2-5-16-17(18)12-19-20(16)21(28-10-7-14(23)8-11-28)27-22(26-19)29-15-4-3-9-25-13-15/h3-8,19,31H,9-18,20H2,2H3;2-7,19,28H,8-18H2,1H3;3-8,10,16,24H,9,11-12,23H2,1-2H3;2-6,9,13-14,24H,7-8,10-12,23H2,1H3/b;;28-19+;/t;;16-;/m..0./s1. The van der Waals surface area contributed by atoms with Gasteiger partial charge in [-0.1, -0.05) is 65.8 Å². The van der Waals surface area contributed by atoms with Gasteiger partial charge in [0.1, 0.15) is 53.4 Å². The van der Waals surface area contributed by atoms with Gasteiger partial charge in [0.25, 0.3) is 0 Å². The lowest BCUT2D eigenvalue weighted by atomic mass is 10.0. The van der Waals surface area contributed by atoms with Crippen LogP contribution >= 0.6 is 0 Å². The molecular weight excluding hydrogens is 1690 g/mol. The molecular formula is C100H113N27O7. The molecule has 6 aliphatic heterocycles. The third-order valence-electron chi connectivity index (χ3n) is 26.3. The Balaban J connectivity index is 0.000000116. The zero-order chi connectivity index (χ0) is 91.4. The monoisotopic (exact) mass is 1800 g/mol. The van der Waals surface area contributed by atoms with E-state index >= 15 is 0 Å². The lowest BCUT2D eigenvalue weighted by Gasteiger charge is -2.37. The van der Waals surface area contributed by atoms with Gasteiger partial charge in [-0.25, -0.2) is 4.85 Å². The van der Waals surface area contributed by atoms with E-state index in [1.807, 2.05) is 82.8 Å². The summed E-state index contributed by atoms with van der Waals surface area (Å²) in [6.45, 7) is 29.8. The Kier molecular flexibility index (Phi) is 27.7. The maximum Gasteiger partial charge on any atom is 0.324 e. The van der Waals surface area contributed by atoms with Crippen LogP contribution in [0.4, 0.5) is 51.7 Å². The molecule has 34 nitrogen and oxygen atoms in total. The summed E-state index contributed by atoms with van der Waals surface area (Å²) < 4.78 is 35.1. The Morgan fingerprint density at radius 2 is 0.724 bits per heavy atom. The molecule has 134 heavy (non-hydrogen) atoms. The number of rotatable bonds is 23. The number of hydrogen-bond acceptors (Lipinski definition) is 33. The van der Waals surface area contributed by atoms with Crippen molar-refractivity contribution in [1.82, 2.24) is 74.4 Å². The van der Waals surface area contributed by atoms with E-state index in [-0.39, 0.29) is 18.1 Å². The van der Waals surface area contributed by atoms with Crippen LogP contribution in [-0.2, 0) is 40.0 Å². The fourth-order valence-electron chi connectivity index (χ4n) is 19.3. The zero-order valence-electron chi connectivity index (χ0n) is 76.4. The normalized spacial score (nSPS) is 17.4. The summed E-state index contributed by atoms with van der Waals surface area (Å²) >= 11 is 0. The van der Waals surface area contributed by atoms with Gasteiger partial charge in [-0.05, 0) is 130 Å². The maximum absolute atomic E-state index is 7.32. The van der Waals surface area contributed by atoms with Crippen LogP contribution in [0, 0.1) is 6.57 Å². The Morgan fingerprint density at radius 3 is 1.06 bits per heavy atom. The summed E-state index contributed by atoms with van der Waals surface area (Å²) in [6, 6.07) is 45.0. The van der Waals surface area contributed by atoms with Crippen molar-refractivity contribution in [1.29, 1.82) is 0 Å². The number of fused-ring (bicyclic) bond motifs is 12. The fraction of sp³-hybridized carbons (Fsp3) is 0.370. The summed E-state index contributed by atoms with van der Waals surface area (Å²) in [6.07, 6.45) is 15.0. The average Bonchev–Trinajstić information content (AvgIpc) is 1.59. The van der Waals surface area contributed by atoms with Gasteiger partial charge in [0, 0.05) is 248 Å². The minimum absolute atomic E-state index is 0.224. The highest BCUT2D eigenvalue weighted by molar-refractivity contribution is 5.99. The molecule has 34 heteroatoms. The van der Waals surface area contributed by atoms with Crippen molar-refractivity contribution in [2.45, 2.75) is 50.6 Å². The van der Waals surface area contributed by atoms with Crippen molar-refractivity contribution in [3.8, 4) is 91.5 Å². The molecule has 12 aromatic rings. The van der Waals surface area contributed by atoms with Crippen molar-refractivity contribution in [2.24, 2.45) is 16.6 Å². The number of nitrogens with one attached hydrogen (secondary N) is 4. The fourth-order valence-corrected chi connectivity index (χ4v) is 19.3. The smallest absolute Gasteiger partial charge is 0.324 e. The molecule has 8 N–H and O–H groups in total. The Labute approximate surface area is 780 Å². The summed E-state index contributed by atoms with van der Waals surface area (Å²) in [7, 11) is 9.34. The molecule has 7 aromatic heterocycles. The number of piperazine rings is 2. The van der Waals surface area contributed by atoms with Gasteiger partial charge in [0.05, 0.1) is 92.7 Å². The largest absolute Gasteiger partial charge is 0.426 e. The highest BCUT2D eigenvalue weighted by atomic mass is 16.6. The van der Waals surface area contributed by atoms with E-state index in [2.05, 4.69) is 152 Å². The molecule has 0 bridgehead atoms. The van der Waals surface area contributed by atoms with Crippen LogP contribution in [0.2, 0.25) is 0 Å². The lowest BCUT2D eigenvalue weighted by Crippen LogP contribution is -2.49. The minimum Gasteiger partial charge on any atom is -0.426 e. The van der Waals surface area contributed by atoms with Crippen LogP contribution in [0.15, 0.2) is 176 Å². The average molecular weight is 1810 g/mol. The molecule has 22 rings (SSSR count). The number of ether oxygens (including phenoxy) is 6. The Bertz CT molecular complexity index is 6200. The summed E-state index contributed by atoms with van der Waals surface area (Å²) in [5.41, 5.74) is 36.2. The first-order valence-electron chi connectivity index (χ1n) is 46.3. The number of pyridine rings is 3. The van der Waals surface area contributed by atoms with Gasteiger partial charge >= 0.3 is 24.0 Å². The van der Waals surface area contributed by atoms with Crippen molar-refractivity contribution in [3.05, 3.63) is 227 Å². The van der Waals surface area contributed by atoms with Crippen LogP contribution in [0.5, 0.6) is 47.0 Å². The van der Waals surface area contributed by atoms with Gasteiger partial charge in [-0.15, -0.1) is 0 Å². The number of benzene rings is 5. The molecule has 13 heterocycles. The van der Waals surface area contributed by atoms with Crippen molar-refractivity contribution >= 4 is 57.4 Å². The minimum atomic E-state index is -0.224. The van der Waals surface area contributed by atoms with Crippen LogP contribution in [-0.4, -0.2) is 285 Å². The Morgan fingerprint density at radius 1 is 0.396 bits per heavy atom. The molecule has 0 spiro atoms. The molecule has 0 radical (unpaired) electrons. The van der Waals surface area contributed by atoms with Crippen LogP contribution in [0.3, 0.4) is 0 Å². The van der Waals surface area contributed by atoms with Gasteiger partial charge in [0.15, 0.2) is 5.69 Å². The first-order chi connectivity index (χ1) is 65.9. The van der Waals surface area contributed by atoms with E-state index in [4.69, 9.17) is 91.2 Å². The SMILES string of the molecule is CNc1cccc2c1Cc1nc(Oc3cccnc3)nc(N3C/C(=N\OC)[C@@H](N)C3)c1-2.CNc1cccc2c1Cc1nc(Oc3cccnc3)nc(N3CCC(N)CC3)c1-2.CNc1cccc2c1Cc1nc(Oc3cccnc3)nc(N3CCN(CCN4CCOCC4)CC3)c1-2.[C-]#[N+]c1cccc(Oc2nc3c(c(N4CCN(CCN5CCOCC5)CC4)n2)-c2cccc(NC)c2C3)c1. The predicted octanol–water partition coefficient (Wildman–Crippen LogP) is 12.2. The van der Waals surface area contributed by atoms with E-state index < -0.39 is 0 Å². The number of nitrogens with zero attached hydrogens (tertiary/aromatic N) is 21. The topological polar surface area (TPSA) is 349 Å². The van der Waals surface area contributed by atoms with Crippen LogP contribution in [0.1, 0.15) is 57.9 Å². The first kappa shape index (κ1) is 89.3. The molecule has 10 aliphatic rings. The predicted molar refractivity (Wildman–Crippen MR) is 521 cm³/mol. The lowest BCUT2D eigenvalue weighted by molar-refractivity contribution is 0.0330. The van der Waals surface area contributed by atoms with Crippen LogP contribution < -0.4 is 71.3 Å².